The number of hydrogen-bond donors (Lipinski definition) is 1. The van der Waals surface area contributed by atoms with Gasteiger partial charge in [0.2, 0.25) is 0 Å². The van der Waals surface area contributed by atoms with Gasteiger partial charge in [-0.05, 0) is 26.0 Å². The maximum absolute atomic E-state index is 12.1. The van der Waals surface area contributed by atoms with Gasteiger partial charge in [0.1, 0.15) is 17.2 Å². The Hall–Kier alpha value is -2.90. The third kappa shape index (κ3) is 2.42. The molecule has 21 heavy (non-hydrogen) atoms. The van der Waals surface area contributed by atoms with E-state index in [9.17, 15) is 4.79 Å². The molecule has 0 saturated carbocycles. The van der Waals surface area contributed by atoms with Crippen molar-refractivity contribution >= 4 is 11.9 Å². The largest absolute Gasteiger partial charge is 0.466 e. The van der Waals surface area contributed by atoms with Gasteiger partial charge in [0.05, 0.1) is 5.56 Å². The van der Waals surface area contributed by atoms with E-state index in [0.29, 0.717) is 22.8 Å². The SMILES string of the molecule is Cc1cc(C(=O)Nc2nnc(-c3ccnn3C)o2)c(C)o1. The average Bonchev–Trinajstić information content (AvgIpc) is 3.10. The molecule has 3 aromatic heterocycles. The second-order valence-electron chi connectivity index (χ2n) is 4.53. The van der Waals surface area contributed by atoms with E-state index in [1.54, 1.807) is 43.9 Å². The Morgan fingerprint density at radius 2 is 2.10 bits per heavy atom. The zero-order valence-electron chi connectivity index (χ0n) is 11.7. The van der Waals surface area contributed by atoms with E-state index in [4.69, 9.17) is 8.83 Å². The van der Waals surface area contributed by atoms with Gasteiger partial charge in [0.25, 0.3) is 11.8 Å². The molecule has 0 aliphatic carbocycles. The first kappa shape index (κ1) is 13.1. The van der Waals surface area contributed by atoms with Crippen molar-refractivity contribution in [3.05, 3.63) is 35.4 Å². The number of rotatable bonds is 3. The number of amides is 1. The Morgan fingerprint density at radius 3 is 2.71 bits per heavy atom. The summed E-state index contributed by atoms with van der Waals surface area (Å²) in [5, 5.41) is 14.2. The highest BCUT2D eigenvalue weighted by Crippen LogP contribution is 2.20. The zero-order chi connectivity index (χ0) is 15.0. The van der Waals surface area contributed by atoms with E-state index in [1.165, 1.54) is 0 Å². The molecule has 0 fully saturated rings. The van der Waals surface area contributed by atoms with Gasteiger partial charge in [0, 0.05) is 13.2 Å². The van der Waals surface area contributed by atoms with Gasteiger partial charge in [-0.3, -0.25) is 14.8 Å². The molecule has 0 unspecified atom stereocenters. The van der Waals surface area contributed by atoms with E-state index in [-0.39, 0.29) is 17.8 Å². The Balaban J connectivity index is 1.80. The molecule has 1 N–H and O–H groups in total. The smallest absolute Gasteiger partial charge is 0.322 e. The third-order valence-corrected chi connectivity index (χ3v) is 2.97. The topological polar surface area (TPSA) is 99.0 Å². The van der Waals surface area contributed by atoms with Crippen molar-refractivity contribution in [1.29, 1.82) is 0 Å². The Bertz CT molecular complexity index is 798. The van der Waals surface area contributed by atoms with Crippen molar-refractivity contribution in [3.63, 3.8) is 0 Å². The maximum Gasteiger partial charge on any atom is 0.322 e. The predicted molar refractivity (Wildman–Crippen MR) is 72.6 cm³/mol. The highest BCUT2D eigenvalue weighted by molar-refractivity contribution is 6.03. The number of furan rings is 1. The van der Waals surface area contributed by atoms with Gasteiger partial charge in [0.15, 0.2) is 0 Å². The molecule has 0 aliphatic heterocycles. The lowest BCUT2D eigenvalue weighted by molar-refractivity contribution is 0.102. The van der Waals surface area contributed by atoms with Crippen LogP contribution in [-0.4, -0.2) is 25.9 Å². The number of nitrogens with zero attached hydrogens (tertiary/aromatic N) is 4. The number of anilines is 1. The van der Waals surface area contributed by atoms with Crippen molar-refractivity contribution in [1.82, 2.24) is 20.0 Å². The second kappa shape index (κ2) is 4.89. The van der Waals surface area contributed by atoms with Crippen LogP contribution in [0.1, 0.15) is 21.9 Å². The fourth-order valence-corrected chi connectivity index (χ4v) is 1.98. The van der Waals surface area contributed by atoms with Crippen molar-refractivity contribution in [2.45, 2.75) is 13.8 Å². The molecule has 1 amide bonds. The molecule has 3 rings (SSSR count). The molecule has 3 aromatic rings. The highest BCUT2D eigenvalue weighted by atomic mass is 16.4. The summed E-state index contributed by atoms with van der Waals surface area (Å²) in [5.74, 6) is 1.13. The quantitative estimate of drug-likeness (QED) is 0.790. The van der Waals surface area contributed by atoms with Crippen molar-refractivity contribution in [2.75, 3.05) is 5.32 Å². The predicted octanol–water partition coefficient (Wildman–Crippen LogP) is 1.93. The van der Waals surface area contributed by atoms with Crippen LogP contribution in [-0.2, 0) is 7.05 Å². The molecule has 8 heteroatoms. The Labute approximate surface area is 119 Å². The van der Waals surface area contributed by atoms with E-state index in [2.05, 4.69) is 20.6 Å². The molecule has 0 bridgehead atoms. The number of aryl methyl sites for hydroxylation is 3. The molecule has 0 saturated heterocycles. The average molecular weight is 287 g/mol. The maximum atomic E-state index is 12.1. The van der Waals surface area contributed by atoms with Gasteiger partial charge in [-0.25, -0.2) is 0 Å². The number of carbonyl (C=O) groups excluding carboxylic acids is 1. The van der Waals surface area contributed by atoms with Crippen LogP contribution in [0.3, 0.4) is 0 Å². The third-order valence-electron chi connectivity index (χ3n) is 2.97. The minimum absolute atomic E-state index is 0.0226. The van der Waals surface area contributed by atoms with Crippen LogP contribution in [0.5, 0.6) is 0 Å². The molecule has 8 nitrogen and oxygen atoms in total. The van der Waals surface area contributed by atoms with Crippen LogP contribution in [0.25, 0.3) is 11.6 Å². The summed E-state index contributed by atoms with van der Waals surface area (Å²) in [6.07, 6.45) is 1.62. The van der Waals surface area contributed by atoms with Gasteiger partial charge in [-0.2, -0.15) is 5.10 Å². The first-order valence-electron chi connectivity index (χ1n) is 6.25. The first-order valence-corrected chi connectivity index (χ1v) is 6.25. The number of nitrogens with one attached hydrogen (secondary N) is 1. The fourth-order valence-electron chi connectivity index (χ4n) is 1.98. The summed E-state index contributed by atoms with van der Waals surface area (Å²) in [4.78, 5) is 12.1. The van der Waals surface area contributed by atoms with Gasteiger partial charge in [-0.15, -0.1) is 5.10 Å². The van der Waals surface area contributed by atoms with E-state index >= 15 is 0 Å². The Morgan fingerprint density at radius 1 is 1.29 bits per heavy atom. The lowest BCUT2D eigenvalue weighted by Gasteiger charge is -1.98. The van der Waals surface area contributed by atoms with Gasteiger partial charge in [-0.1, -0.05) is 5.10 Å². The summed E-state index contributed by atoms with van der Waals surface area (Å²) < 4.78 is 12.3. The molecule has 0 aromatic carbocycles. The van der Waals surface area contributed by atoms with Crippen molar-refractivity contribution in [2.24, 2.45) is 7.05 Å². The lowest BCUT2D eigenvalue weighted by atomic mass is 10.2. The summed E-state index contributed by atoms with van der Waals surface area (Å²) in [7, 11) is 1.76. The molecule has 0 radical (unpaired) electrons. The fraction of sp³-hybridized carbons (Fsp3) is 0.231. The molecule has 0 spiro atoms. The van der Waals surface area contributed by atoms with Crippen LogP contribution in [0.15, 0.2) is 27.2 Å². The number of carbonyl (C=O) groups is 1. The molecule has 0 atom stereocenters. The molecular formula is C13H13N5O3. The molecular weight excluding hydrogens is 274 g/mol. The monoisotopic (exact) mass is 287 g/mol. The van der Waals surface area contributed by atoms with Crippen LogP contribution in [0.2, 0.25) is 0 Å². The summed E-state index contributed by atoms with van der Waals surface area (Å²) >= 11 is 0. The van der Waals surface area contributed by atoms with E-state index < -0.39 is 0 Å². The first-order chi connectivity index (χ1) is 10.0. The van der Waals surface area contributed by atoms with Crippen molar-refractivity contribution in [3.8, 4) is 11.6 Å². The molecule has 3 heterocycles. The van der Waals surface area contributed by atoms with Crippen LogP contribution in [0.4, 0.5) is 6.01 Å². The normalized spacial score (nSPS) is 10.8. The molecule has 0 aliphatic rings. The lowest BCUT2D eigenvalue weighted by Crippen LogP contribution is -2.12. The number of aromatic nitrogens is 4. The summed E-state index contributed by atoms with van der Waals surface area (Å²) in [5.41, 5.74) is 1.10. The summed E-state index contributed by atoms with van der Waals surface area (Å²) in [6.45, 7) is 3.49. The van der Waals surface area contributed by atoms with E-state index in [1.807, 2.05) is 0 Å². The summed E-state index contributed by atoms with van der Waals surface area (Å²) in [6, 6.07) is 3.42. The van der Waals surface area contributed by atoms with Crippen LogP contribution < -0.4 is 5.32 Å². The zero-order valence-corrected chi connectivity index (χ0v) is 11.7. The standard InChI is InChI=1S/C13H13N5O3/c1-7-6-9(8(2)20-7)11(19)15-13-17-16-12(21-13)10-4-5-14-18(10)3/h4-6H,1-3H3,(H,15,17,19). The van der Waals surface area contributed by atoms with Gasteiger partial charge >= 0.3 is 6.01 Å². The minimum atomic E-state index is -0.357. The van der Waals surface area contributed by atoms with Crippen LogP contribution in [0, 0.1) is 13.8 Å². The number of hydrogen-bond acceptors (Lipinski definition) is 6. The van der Waals surface area contributed by atoms with E-state index in [0.717, 1.165) is 0 Å². The highest BCUT2D eigenvalue weighted by Gasteiger charge is 2.17. The minimum Gasteiger partial charge on any atom is -0.466 e. The molecule has 108 valence electrons. The second-order valence-corrected chi connectivity index (χ2v) is 4.53. The van der Waals surface area contributed by atoms with Crippen LogP contribution >= 0.6 is 0 Å². The van der Waals surface area contributed by atoms with Crippen molar-refractivity contribution < 1.29 is 13.6 Å². The van der Waals surface area contributed by atoms with Gasteiger partial charge < -0.3 is 8.83 Å². The Kier molecular flexibility index (Phi) is 3.05.